The molecule has 3 fully saturated rings. The third-order valence-electron chi connectivity index (χ3n) is 8.24. The Labute approximate surface area is 143 Å². The Hall–Kier alpha value is -1.13. The summed E-state index contributed by atoms with van der Waals surface area (Å²) in [5, 5.41) is 22.4. The second kappa shape index (κ2) is 4.73. The molecule has 0 bridgehead atoms. The van der Waals surface area contributed by atoms with Crippen molar-refractivity contribution in [2.45, 2.75) is 64.3 Å². The normalized spacial score (nSPS) is 56.0. The molecule has 132 valence electrons. The fourth-order valence-electron chi connectivity index (χ4n) is 6.62. The van der Waals surface area contributed by atoms with Crippen molar-refractivity contribution in [3.8, 4) is 0 Å². The maximum atomic E-state index is 12.7. The van der Waals surface area contributed by atoms with Gasteiger partial charge in [0.1, 0.15) is 17.1 Å². The number of carbonyl (C=O) groups excluding carboxylic acids is 1. The average Bonchev–Trinajstić information content (AvgIpc) is 2.76. The van der Waals surface area contributed by atoms with Crippen molar-refractivity contribution in [3.63, 3.8) is 0 Å². The first-order chi connectivity index (χ1) is 11.2. The van der Waals surface area contributed by atoms with Crippen LogP contribution in [0.2, 0.25) is 0 Å². The van der Waals surface area contributed by atoms with Gasteiger partial charge in [-0.2, -0.15) is 0 Å². The number of hydrogen-bond donors (Lipinski definition) is 2. The zero-order valence-corrected chi connectivity index (χ0v) is 14.8. The summed E-state index contributed by atoms with van der Waals surface area (Å²) in [4.78, 5) is 12.7. The van der Waals surface area contributed by atoms with Crippen LogP contribution >= 0.6 is 0 Å². The third-order valence-corrected chi connectivity index (χ3v) is 8.24. The lowest BCUT2D eigenvalue weighted by atomic mass is 9.41. The minimum atomic E-state index is -1.30. The summed E-state index contributed by atoms with van der Waals surface area (Å²) in [6.07, 6.45) is 5.62. The molecule has 1 saturated heterocycles. The van der Waals surface area contributed by atoms with E-state index in [2.05, 4.69) is 26.5 Å². The molecule has 0 aromatic rings. The Morgan fingerprint density at radius 1 is 1.42 bits per heavy atom. The summed E-state index contributed by atoms with van der Waals surface area (Å²) >= 11 is 0. The van der Waals surface area contributed by atoms with Gasteiger partial charge in [0.25, 0.3) is 0 Å². The largest absolute Gasteiger partial charge is 0.459 e. The molecule has 0 unspecified atom stereocenters. The number of carbonyl (C=O) groups is 1. The minimum absolute atomic E-state index is 0.291. The van der Waals surface area contributed by atoms with Gasteiger partial charge in [-0.25, -0.2) is 0 Å². The number of aliphatic hydroxyl groups is 2. The topological polar surface area (TPSA) is 66.8 Å². The zero-order valence-electron chi connectivity index (χ0n) is 14.8. The second-order valence-electron chi connectivity index (χ2n) is 8.77. The maximum absolute atomic E-state index is 12.7. The van der Waals surface area contributed by atoms with Gasteiger partial charge >= 0.3 is 5.97 Å². The van der Waals surface area contributed by atoms with Crippen molar-refractivity contribution in [1.29, 1.82) is 0 Å². The molecule has 4 aliphatic rings. The fraction of sp³-hybridized carbons (Fsp3) is 0.750. The van der Waals surface area contributed by atoms with E-state index in [0.717, 1.165) is 12.8 Å². The lowest BCUT2D eigenvalue weighted by Gasteiger charge is -2.64. The van der Waals surface area contributed by atoms with E-state index in [1.54, 1.807) is 6.92 Å². The summed E-state index contributed by atoms with van der Waals surface area (Å²) in [6, 6.07) is 0. The Balaban J connectivity index is 1.87. The molecule has 1 aliphatic heterocycles. The summed E-state index contributed by atoms with van der Waals surface area (Å²) in [5.74, 6) is 0.569. The van der Waals surface area contributed by atoms with Crippen molar-refractivity contribution in [1.82, 2.24) is 0 Å². The van der Waals surface area contributed by atoms with Crippen LogP contribution in [0, 0.1) is 28.6 Å². The number of ether oxygens (including phenoxy) is 1. The monoisotopic (exact) mass is 332 g/mol. The van der Waals surface area contributed by atoms with E-state index in [1.165, 1.54) is 5.57 Å². The van der Waals surface area contributed by atoms with Crippen molar-refractivity contribution in [3.05, 3.63) is 24.3 Å². The molecule has 1 heterocycles. The van der Waals surface area contributed by atoms with Crippen molar-refractivity contribution in [2.75, 3.05) is 0 Å². The third kappa shape index (κ3) is 1.51. The number of rotatable bonds is 1. The molecule has 4 rings (SSSR count). The van der Waals surface area contributed by atoms with Gasteiger partial charge in [0.05, 0.1) is 6.10 Å². The van der Waals surface area contributed by atoms with E-state index in [-0.39, 0.29) is 0 Å². The summed E-state index contributed by atoms with van der Waals surface area (Å²) in [7, 11) is 0. The van der Waals surface area contributed by atoms with Gasteiger partial charge < -0.3 is 14.9 Å². The Bertz CT molecular complexity index is 640. The van der Waals surface area contributed by atoms with E-state index in [9.17, 15) is 15.0 Å². The average molecular weight is 332 g/mol. The van der Waals surface area contributed by atoms with Crippen LogP contribution in [0.25, 0.3) is 0 Å². The van der Waals surface area contributed by atoms with Crippen LogP contribution in [0.5, 0.6) is 0 Å². The lowest BCUT2D eigenvalue weighted by Crippen LogP contribution is -2.73. The Morgan fingerprint density at radius 3 is 2.79 bits per heavy atom. The second-order valence-corrected chi connectivity index (χ2v) is 8.77. The van der Waals surface area contributed by atoms with Crippen LogP contribution in [0.1, 0.15) is 46.5 Å². The smallest absolute Gasteiger partial charge is 0.317 e. The SMILES string of the molecule is C=CC1=CC[C@@H]2[C@H](C[C@@H]3OC(=O)[C@]4(C)[C@H](O)CC[C@]2(C)[C@]34O)[C@@H]1C. The van der Waals surface area contributed by atoms with Crippen LogP contribution < -0.4 is 0 Å². The molecule has 24 heavy (non-hydrogen) atoms. The van der Waals surface area contributed by atoms with E-state index < -0.39 is 34.6 Å². The maximum Gasteiger partial charge on any atom is 0.317 e. The predicted octanol–water partition coefficient (Wildman–Crippen LogP) is 2.60. The van der Waals surface area contributed by atoms with Gasteiger partial charge in [-0.05, 0) is 55.9 Å². The minimum Gasteiger partial charge on any atom is -0.459 e. The molecular formula is C20H28O4. The highest BCUT2D eigenvalue weighted by molar-refractivity contribution is 5.82. The van der Waals surface area contributed by atoms with Gasteiger partial charge in [-0.1, -0.05) is 32.6 Å². The number of hydrogen-bond acceptors (Lipinski definition) is 4. The highest BCUT2D eigenvalue weighted by Gasteiger charge is 2.79. The molecule has 2 saturated carbocycles. The molecule has 0 aromatic carbocycles. The number of aliphatic hydroxyl groups excluding tert-OH is 1. The van der Waals surface area contributed by atoms with Crippen LogP contribution in [-0.4, -0.2) is 34.0 Å². The van der Waals surface area contributed by atoms with E-state index in [0.29, 0.717) is 30.6 Å². The van der Waals surface area contributed by atoms with Crippen LogP contribution in [-0.2, 0) is 9.53 Å². The molecule has 3 aliphatic carbocycles. The molecule has 0 amide bonds. The Kier molecular flexibility index (Phi) is 3.22. The first-order valence-electron chi connectivity index (χ1n) is 9.15. The van der Waals surface area contributed by atoms with Gasteiger partial charge in [-0.15, -0.1) is 0 Å². The molecule has 2 N–H and O–H groups in total. The zero-order chi connectivity index (χ0) is 17.5. The molecule has 0 radical (unpaired) electrons. The van der Waals surface area contributed by atoms with Gasteiger partial charge in [0, 0.05) is 5.41 Å². The molecule has 4 nitrogen and oxygen atoms in total. The van der Waals surface area contributed by atoms with E-state index in [1.807, 2.05) is 6.08 Å². The van der Waals surface area contributed by atoms with Gasteiger partial charge in [0.15, 0.2) is 0 Å². The molecule has 0 aromatic heterocycles. The molecule has 8 atom stereocenters. The summed E-state index contributed by atoms with van der Waals surface area (Å²) in [5.41, 5.74) is -1.69. The highest BCUT2D eigenvalue weighted by atomic mass is 16.6. The van der Waals surface area contributed by atoms with Crippen molar-refractivity contribution < 1.29 is 19.7 Å². The van der Waals surface area contributed by atoms with Gasteiger partial charge in [0.2, 0.25) is 0 Å². The predicted molar refractivity (Wildman–Crippen MR) is 89.9 cm³/mol. The molecule has 0 spiro atoms. The number of fused-ring (bicyclic) bond motifs is 2. The van der Waals surface area contributed by atoms with Crippen LogP contribution in [0.3, 0.4) is 0 Å². The summed E-state index contributed by atoms with van der Waals surface area (Å²) in [6.45, 7) is 9.96. The van der Waals surface area contributed by atoms with Crippen molar-refractivity contribution in [2.24, 2.45) is 28.6 Å². The molecular weight excluding hydrogens is 304 g/mol. The van der Waals surface area contributed by atoms with E-state index in [4.69, 9.17) is 4.74 Å². The van der Waals surface area contributed by atoms with Crippen LogP contribution in [0.4, 0.5) is 0 Å². The van der Waals surface area contributed by atoms with Gasteiger partial charge in [-0.3, -0.25) is 4.79 Å². The lowest BCUT2D eigenvalue weighted by molar-refractivity contribution is -0.266. The first kappa shape index (κ1) is 16.3. The first-order valence-corrected chi connectivity index (χ1v) is 9.15. The summed E-state index contributed by atoms with van der Waals surface area (Å²) < 4.78 is 5.69. The number of esters is 1. The fourth-order valence-corrected chi connectivity index (χ4v) is 6.62. The Morgan fingerprint density at radius 2 is 2.12 bits per heavy atom. The molecule has 4 heteroatoms. The van der Waals surface area contributed by atoms with Crippen molar-refractivity contribution >= 4 is 5.97 Å². The number of allylic oxidation sites excluding steroid dienone is 3. The van der Waals surface area contributed by atoms with Crippen LogP contribution in [0.15, 0.2) is 24.3 Å². The standard InChI is InChI=1S/C20H28O4/c1-5-12-6-7-14-13(11(12)2)10-16-20(23)18(14,3)9-8-15(21)19(20,4)17(22)24-16/h5-6,11,13-16,21,23H,1,7-10H2,2-4H3/t11-,13-,14-,15-,16+,18+,19+,20-/m1/s1. The quantitative estimate of drug-likeness (QED) is 0.724. The van der Waals surface area contributed by atoms with E-state index >= 15 is 0 Å². The highest BCUT2D eigenvalue weighted by Crippen LogP contribution is 2.69.